The van der Waals surface area contributed by atoms with Gasteiger partial charge in [-0.05, 0) is 30.7 Å². The maximum atomic E-state index is 12.5. The van der Waals surface area contributed by atoms with Gasteiger partial charge in [-0.1, -0.05) is 19.1 Å². The second-order valence-corrected chi connectivity index (χ2v) is 3.71. The Labute approximate surface area is 96.5 Å². The molecule has 0 fully saturated rings. The number of benzene rings is 1. The summed E-state index contributed by atoms with van der Waals surface area (Å²) in [5, 5.41) is 0.675. The summed E-state index contributed by atoms with van der Waals surface area (Å²) in [6.07, 6.45) is 0.168. The predicted octanol–water partition coefficient (Wildman–Crippen LogP) is 4.87. The van der Waals surface area contributed by atoms with Crippen LogP contribution in [-0.2, 0) is 6.18 Å². The maximum Gasteiger partial charge on any atom is 0.416 e. The van der Waals surface area contributed by atoms with E-state index in [-0.39, 0.29) is 5.58 Å². The van der Waals surface area contributed by atoms with Gasteiger partial charge in [-0.3, -0.25) is 0 Å². The molecule has 0 amide bonds. The van der Waals surface area contributed by atoms with Crippen LogP contribution in [0, 0.1) is 0 Å². The lowest BCUT2D eigenvalue weighted by Crippen LogP contribution is -2.03. The van der Waals surface area contributed by atoms with Crippen molar-refractivity contribution in [2.45, 2.75) is 19.5 Å². The molecular formula is C13H11F3O. The zero-order valence-corrected chi connectivity index (χ0v) is 9.21. The van der Waals surface area contributed by atoms with Gasteiger partial charge in [-0.25, -0.2) is 0 Å². The fourth-order valence-corrected chi connectivity index (χ4v) is 1.54. The zero-order valence-electron chi connectivity index (χ0n) is 9.21. The highest BCUT2D eigenvalue weighted by Gasteiger charge is 2.30. The quantitative estimate of drug-likeness (QED) is 0.729. The number of allylic oxidation sites excluding steroid dienone is 1. The van der Waals surface area contributed by atoms with Crippen LogP contribution >= 0.6 is 0 Å². The molecule has 0 aliphatic carbocycles. The first-order valence-electron chi connectivity index (χ1n) is 5.28. The third-order valence-electron chi connectivity index (χ3n) is 2.38. The summed E-state index contributed by atoms with van der Waals surface area (Å²) in [6.45, 7) is 1.97. The molecule has 1 heterocycles. The Kier molecular flexibility index (Phi) is 2.96. The third-order valence-corrected chi connectivity index (χ3v) is 2.38. The molecule has 2 aromatic rings. The molecule has 0 unspecified atom stereocenters. The predicted molar refractivity (Wildman–Crippen MR) is 60.5 cm³/mol. The number of alkyl halides is 3. The smallest absolute Gasteiger partial charge is 0.416 e. The number of furan rings is 1. The normalized spacial score (nSPS) is 12.7. The van der Waals surface area contributed by atoms with Gasteiger partial charge < -0.3 is 4.42 Å². The van der Waals surface area contributed by atoms with E-state index in [2.05, 4.69) is 0 Å². The number of hydrogen-bond donors (Lipinski definition) is 0. The highest BCUT2D eigenvalue weighted by molar-refractivity contribution is 5.80. The molecule has 0 spiro atoms. The van der Waals surface area contributed by atoms with E-state index in [4.69, 9.17) is 4.42 Å². The van der Waals surface area contributed by atoms with Crippen LogP contribution in [0.4, 0.5) is 13.2 Å². The molecule has 0 radical (unpaired) electrons. The van der Waals surface area contributed by atoms with Gasteiger partial charge in [0.2, 0.25) is 0 Å². The third kappa shape index (κ3) is 2.52. The summed E-state index contributed by atoms with van der Waals surface area (Å²) in [6, 6.07) is 5.23. The molecule has 4 heteroatoms. The fourth-order valence-electron chi connectivity index (χ4n) is 1.54. The van der Waals surface area contributed by atoms with Gasteiger partial charge in [0.15, 0.2) is 0 Å². The molecule has 0 aliphatic heterocycles. The Balaban J connectivity index is 2.44. The van der Waals surface area contributed by atoms with E-state index in [0.29, 0.717) is 11.1 Å². The SMILES string of the molecule is CCC=Cc1cc2ccc(C(F)(F)F)cc2o1. The van der Waals surface area contributed by atoms with Crippen LogP contribution in [-0.4, -0.2) is 0 Å². The van der Waals surface area contributed by atoms with Crippen molar-refractivity contribution in [2.75, 3.05) is 0 Å². The number of hydrogen-bond acceptors (Lipinski definition) is 1. The molecule has 0 saturated carbocycles. The number of halogens is 3. The Hall–Kier alpha value is -1.71. The molecule has 1 aromatic heterocycles. The minimum Gasteiger partial charge on any atom is -0.457 e. The minimum atomic E-state index is -4.33. The van der Waals surface area contributed by atoms with Gasteiger partial charge in [0.05, 0.1) is 5.56 Å². The van der Waals surface area contributed by atoms with Gasteiger partial charge in [0.25, 0.3) is 0 Å². The molecule has 1 aromatic carbocycles. The molecule has 2 rings (SSSR count). The monoisotopic (exact) mass is 240 g/mol. The average Bonchev–Trinajstić information content (AvgIpc) is 2.66. The highest BCUT2D eigenvalue weighted by atomic mass is 19.4. The summed E-state index contributed by atoms with van der Waals surface area (Å²) in [5.41, 5.74) is -0.430. The van der Waals surface area contributed by atoms with E-state index >= 15 is 0 Å². The van der Waals surface area contributed by atoms with E-state index in [9.17, 15) is 13.2 Å². The lowest BCUT2D eigenvalue weighted by atomic mass is 10.1. The molecule has 0 saturated heterocycles. The van der Waals surface area contributed by atoms with Crippen molar-refractivity contribution in [1.82, 2.24) is 0 Å². The van der Waals surface area contributed by atoms with Crippen LogP contribution in [0.15, 0.2) is 34.8 Å². The van der Waals surface area contributed by atoms with Crippen LogP contribution in [0.2, 0.25) is 0 Å². The Bertz CT molecular complexity index is 549. The van der Waals surface area contributed by atoms with Crippen LogP contribution in [0.5, 0.6) is 0 Å². The van der Waals surface area contributed by atoms with E-state index in [1.807, 2.05) is 13.0 Å². The summed E-state index contributed by atoms with van der Waals surface area (Å²) in [5.74, 6) is 0.571. The van der Waals surface area contributed by atoms with Gasteiger partial charge >= 0.3 is 6.18 Å². The second-order valence-electron chi connectivity index (χ2n) is 3.71. The first-order chi connectivity index (χ1) is 8.00. The van der Waals surface area contributed by atoms with Crippen molar-refractivity contribution in [3.63, 3.8) is 0 Å². The lowest BCUT2D eigenvalue weighted by molar-refractivity contribution is -0.137. The van der Waals surface area contributed by atoms with Gasteiger partial charge in [0.1, 0.15) is 11.3 Å². The molecule has 17 heavy (non-hydrogen) atoms. The highest BCUT2D eigenvalue weighted by Crippen LogP contribution is 2.32. The molecule has 0 bridgehead atoms. The van der Waals surface area contributed by atoms with Crippen molar-refractivity contribution < 1.29 is 17.6 Å². The fraction of sp³-hybridized carbons (Fsp3) is 0.231. The van der Waals surface area contributed by atoms with Crippen molar-refractivity contribution in [2.24, 2.45) is 0 Å². The molecular weight excluding hydrogens is 229 g/mol. The van der Waals surface area contributed by atoms with E-state index < -0.39 is 11.7 Å². The molecule has 0 N–H and O–H groups in total. The van der Waals surface area contributed by atoms with Crippen LogP contribution in [0.25, 0.3) is 17.0 Å². The van der Waals surface area contributed by atoms with Gasteiger partial charge in [0, 0.05) is 5.39 Å². The standard InChI is InChI=1S/C13H11F3O/c1-2-3-4-11-7-9-5-6-10(13(14,15)16)8-12(9)17-11/h3-8H,2H2,1H3. The van der Waals surface area contributed by atoms with E-state index in [0.717, 1.165) is 18.6 Å². The average molecular weight is 240 g/mol. The molecule has 1 nitrogen and oxygen atoms in total. The Morgan fingerprint density at radius 3 is 2.65 bits per heavy atom. The Morgan fingerprint density at radius 2 is 2.00 bits per heavy atom. The van der Waals surface area contributed by atoms with Gasteiger partial charge in [-0.15, -0.1) is 0 Å². The van der Waals surface area contributed by atoms with Crippen LogP contribution in [0.1, 0.15) is 24.7 Å². The first kappa shape index (κ1) is 11.8. The Morgan fingerprint density at radius 1 is 1.24 bits per heavy atom. The molecule has 90 valence electrons. The first-order valence-corrected chi connectivity index (χ1v) is 5.28. The van der Waals surface area contributed by atoms with E-state index in [1.54, 1.807) is 12.1 Å². The lowest BCUT2D eigenvalue weighted by Gasteiger charge is -2.04. The summed E-state index contributed by atoms with van der Waals surface area (Å²) in [7, 11) is 0. The molecule has 0 aliphatic rings. The van der Waals surface area contributed by atoms with E-state index in [1.165, 1.54) is 6.07 Å². The number of fused-ring (bicyclic) bond motifs is 1. The van der Waals surface area contributed by atoms with Crippen molar-refractivity contribution in [3.05, 3.63) is 41.7 Å². The van der Waals surface area contributed by atoms with Crippen LogP contribution in [0.3, 0.4) is 0 Å². The number of rotatable bonds is 2. The zero-order chi connectivity index (χ0) is 12.5. The summed E-state index contributed by atoms with van der Waals surface area (Å²) < 4.78 is 42.7. The maximum absolute atomic E-state index is 12.5. The van der Waals surface area contributed by atoms with Crippen molar-refractivity contribution >= 4 is 17.0 Å². The summed E-state index contributed by atoms with van der Waals surface area (Å²) >= 11 is 0. The second kappa shape index (κ2) is 4.28. The van der Waals surface area contributed by atoms with Crippen molar-refractivity contribution in [3.8, 4) is 0 Å². The topological polar surface area (TPSA) is 13.1 Å². The van der Waals surface area contributed by atoms with Crippen molar-refractivity contribution in [1.29, 1.82) is 0 Å². The molecule has 0 atom stereocenters. The largest absolute Gasteiger partial charge is 0.457 e. The van der Waals surface area contributed by atoms with Gasteiger partial charge in [-0.2, -0.15) is 13.2 Å². The van der Waals surface area contributed by atoms with Crippen LogP contribution < -0.4 is 0 Å². The summed E-state index contributed by atoms with van der Waals surface area (Å²) in [4.78, 5) is 0. The minimum absolute atomic E-state index is 0.260.